The Kier molecular flexibility index (Phi) is 2.05. The highest BCUT2D eigenvalue weighted by Crippen LogP contribution is 2.25. The minimum Gasteiger partial charge on any atom is -0.504 e. The van der Waals surface area contributed by atoms with Crippen molar-refractivity contribution in [1.29, 1.82) is 0 Å². The molecule has 0 aromatic carbocycles. The van der Waals surface area contributed by atoms with E-state index in [9.17, 15) is 4.79 Å². The summed E-state index contributed by atoms with van der Waals surface area (Å²) in [7, 11) is 0. The van der Waals surface area contributed by atoms with Crippen LogP contribution in [0.25, 0.3) is 0 Å². The van der Waals surface area contributed by atoms with Gasteiger partial charge in [-0.1, -0.05) is 0 Å². The predicted molar refractivity (Wildman–Crippen MR) is 41.1 cm³/mol. The molecule has 4 N–H and O–H groups in total. The molecule has 0 unspecified atom stereocenters. The third-order valence-corrected chi connectivity index (χ3v) is 1.67. The van der Waals surface area contributed by atoms with E-state index in [4.69, 9.17) is 15.3 Å². The number of aromatic nitrogens is 1. The third-order valence-electron chi connectivity index (χ3n) is 1.67. The molecule has 0 aliphatic heterocycles. The van der Waals surface area contributed by atoms with E-state index in [2.05, 4.69) is 4.98 Å². The molecular formula is C7H9NO4. The molecule has 1 rings (SSSR count). The Morgan fingerprint density at radius 2 is 1.92 bits per heavy atom. The maximum atomic E-state index is 10.8. The second-order valence-electron chi connectivity index (χ2n) is 2.41. The van der Waals surface area contributed by atoms with E-state index in [0.717, 1.165) is 0 Å². The molecule has 0 fully saturated rings. The lowest BCUT2D eigenvalue weighted by Crippen LogP contribution is -2.10. The van der Waals surface area contributed by atoms with Crippen molar-refractivity contribution < 1.29 is 15.3 Å². The van der Waals surface area contributed by atoms with Crippen LogP contribution < -0.4 is 5.56 Å². The second kappa shape index (κ2) is 2.86. The van der Waals surface area contributed by atoms with E-state index in [-0.39, 0.29) is 17.9 Å². The Bertz CT molecular complexity index is 355. The van der Waals surface area contributed by atoms with Crippen LogP contribution >= 0.6 is 0 Å². The molecule has 0 radical (unpaired) electrons. The maximum Gasteiger partial charge on any atom is 0.294 e. The van der Waals surface area contributed by atoms with E-state index >= 15 is 0 Å². The molecule has 0 saturated heterocycles. The van der Waals surface area contributed by atoms with Gasteiger partial charge in [-0.15, -0.1) is 0 Å². The smallest absolute Gasteiger partial charge is 0.294 e. The van der Waals surface area contributed by atoms with Crippen LogP contribution in [0.2, 0.25) is 0 Å². The van der Waals surface area contributed by atoms with Crippen molar-refractivity contribution in [2.75, 3.05) is 0 Å². The summed E-state index contributed by atoms with van der Waals surface area (Å²) in [5.41, 5.74) is -0.327. The summed E-state index contributed by atoms with van der Waals surface area (Å²) in [4.78, 5) is 13.0. The molecule has 0 bridgehead atoms. The van der Waals surface area contributed by atoms with Gasteiger partial charge in [0.1, 0.15) is 0 Å². The van der Waals surface area contributed by atoms with Gasteiger partial charge < -0.3 is 20.3 Å². The zero-order valence-electron chi connectivity index (χ0n) is 6.46. The van der Waals surface area contributed by atoms with Crippen molar-refractivity contribution in [3.63, 3.8) is 0 Å². The van der Waals surface area contributed by atoms with Gasteiger partial charge in [-0.2, -0.15) is 0 Å². The molecule has 5 nitrogen and oxygen atoms in total. The molecule has 5 heteroatoms. The number of aliphatic hydroxyl groups excluding tert-OH is 1. The molecule has 0 atom stereocenters. The predicted octanol–water partition coefficient (Wildman–Crippen LogP) is -0.413. The second-order valence-corrected chi connectivity index (χ2v) is 2.41. The van der Waals surface area contributed by atoms with E-state index in [1.165, 1.54) is 6.92 Å². The Morgan fingerprint density at radius 3 is 2.42 bits per heavy atom. The minimum atomic E-state index is -0.804. The molecule has 12 heavy (non-hydrogen) atoms. The first kappa shape index (κ1) is 8.61. The minimum absolute atomic E-state index is 0.204. The van der Waals surface area contributed by atoms with Crippen LogP contribution in [0, 0.1) is 6.92 Å². The molecule has 0 amide bonds. The number of pyridine rings is 1. The van der Waals surface area contributed by atoms with Crippen molar-refractivity contribution in [1.82, 2.24) is 4.98 Å². The number of H-pyrrole nitrogens is 1. The van der Waals surface area contributed by atoms with Crippen LogP contribution in [-0.2, 0) is 6.61 Å². The Labute approximate surface area is 67.9 Å². The lowest BCUT2D eigenvalue weighted by molar-refractivity contribution is 0.273. The molecule has 1 aromatic heterocycles. The van der Waals surface area contributed by atoms with Gasteiger partial charge in [-0.25, -0.2) is 0 Å². The van der Waals surface area contributed by atoms with Gasteiger partial charge in [-0.05, 0) is 6.92 Å². The summed E-state index contributed by atoms with van der Waals surface area (Å²) in [5.74, 6) is -1.20. The van der Waals surface area contributed by atoms with Crippen LogP contribution in [0.5, 0.6) is 11.5 Å². The van der Waals surface area contributed by atoms with Crippen LogP contribution in [0.4, 0.5) is 0 Å². The Morgan fingerprint density at radius 1 is 1.33 bits per heavy atom. The summed E-state index contributed by atoms with van der Waals surface area (Å²) in [5, 5.41) is 26.7. The number of aromatic hydroxyl groups is 2. The summed E-state index contributed by atoms with van der Waals surface area (Å²) in [6.07, 6.45) is 0. The average molecular weight is 171 g/mol. The highest BCUT2D eigenvalue weighted by molar-refractivity contribution is 5.43. The van der Waals surface area contributed by atoms with Crippen molar-refractivity contribution in [2.45, 2.75) is 13.5 Å². The molecule has 1 heterocycles. The van der Waals surface area contributed by atoms with Gasteiger partial charge in [0.2, 0.25) is 5.75 Å². The van der Waals surface area contributed by atoms with Crippen LogP contribution in [0.1, 0.15) is 11.3 Å². The lowest BCUT2D eigenvalue weighted by Gasteiger charge is -2.04. The van der Waals surface area contributed by atoms with Gasteiger partial charge in [0.25, 0.3) is 5.56 Å². The van der Waals surface area contributed by atoms with E-state index in [0.29, 0.717) is 0 Å². The van der Waals surface area contributed by atoms with E-state index in [1.807, 2.05) is 0 Å². The zero-order valence-corrected chi connectivity index (χ0v) is 6.46. The molecule has 66 valence electrons. The average Bonchev–Trinajstić information content (AvgIpc) is 2.08. The van der Waals surface area contributed by atoms with E-state index < -0.39 is 17.1 Å². The number of hydrogen-bond acceptors (Lipinski definition) is 4. The fourth-order valence-corrected chi connectivity index (χ4v) is 0.876. The monoisotopic (exact) mass is 171 g/mol. The Balaban J connectivity index is 3.50. The molecular weight excluding hydrogens is 162 g/mol. The zero-order chi connectivity index (χ0) is 9.30. The largest absolute Gasteiger partial charge is 0.504 e. The van der Waals surface area contributed by atoms with Gasteiger partial charge >= 0.3 is 0 Å². The van der Waals surface area contributed by atoms with Crippen LogP contribution in [-0.4, -0.2) is 20.3 Å². The molecule has 1 aromatic rings. The molecule has 0 saturated carbocycles. The molecule has 0 spiro atoms. The van der Waals surface area contributed by atoms with Gasteiger partial charge in [0.05, 0.1) is 12.3 Å². The summed E-state index contributed by atoms with van der Waals surface area (Å²) in [6, 6.07) is 0. The fraction of sp³-hybridized carbons (Fsp3) is 0.286. The van der Waals surface area contributed by atoms with Gasteiger partial charge in [0.15, 0.2) is 5.75 Å². The first-order valence-corrected chi connectivity index (χ1v) is 3.32. The lowest BCUT2D eigenvalue weighted by atomic mass is 10.2. The first-order chi connectivity index (χ1) is 5.57. The number of rotatable bonds is 1. The quantitative estimate of drug-likeness (QED) is 0.462. The maximum absolute atomic E-state index is 10.8. The fourth-order valence-electron chi connectivity index (χ4n) is 0.876. The normalized spacial score (nSPS) is 10.2. The highest BCUT2D eigenvalue weighted by atomic mass is 16.3. The Hall–Kier alpha value is -1.49. The van der Waals surface area contributed by atoms with Gasteiger partial charge in [0, 0.05) is 5.56 Å². The van der Waals surface area contributed by atoms with Gasteiger partial charge in [-0.3, -0.25) is 4.79 Å². The van der Waals surface area contributed by atoms with Crippen molar-refractivity contribution in [2.24, 2.45) is 0 Å². The number of aliphatic hydroxyl groups is 1. The summed E-state index contributed by atoms with van der Waals surface area (Å²) < 4.78 is 0. The third kappa shape index (κ3) is 1.14. The molecule has 0 aliphatic rings. The number of nitrogens with one attached hydrogen (secondary N) is 1. The SMILES string of the molecule is Cc1c(CO)[nH]c(=O)c(O)c1O. The first-order valence-electron chi connectivity index (χ1n) is 3.32. The standard InChI is InChI=1S/C7H9NO4/c1-3-4(2-9)8-7(12)6(11)5(3)10/h9,11H,2H2,1H3,(H2,8,10,12). The van der Waals surface area contributed by atoms with Crippen LogP contribution in [0.3, 0.4) is 0 Å². The van der Waals surface area contributed by atoms with Crippen molar-refractivity contribution >= 4 is 0 Å². The van der Waals surface area contributed by atoms with Crippen molar-refractivity contribution in [3.8, 4) is 11.5 Å². The highest BCUT2D eigenvalue weighted by Gasteiger charge is 2.11. The number of hydrogen-bond donors (Lipinski definition) is 4. The summed E-state index contributed by atoms with van der Waals surface area (Å²) >= 11 is 0. The van der Waals surface area contributed by atoms with Crippen LogP contribution in [0.15, 0.2) is 4.79 Å². The summed E-state index contributed by atoms with van der Waals surface area (Å²) in [6.45, 7) is 1.10. The van der Waals surface area contributed by atoms with Crippen molar-refractivity contribution in [3.05, 3.63) is 21.6 Å². The number of aromatic amines is 1. The molecule has 0 aliphatic carbocycles. The topological polar surface area (TPSA) is 93.5 Å². The van der Waals surface area contributed by atoms with E-state index in [1.54, 1.807) is 0 Å².